The fraction of sp³-hybridized carbons (Fsp3) is 0.350. The number of carbonyl (C=O) groups is 1. The molecule has 2 N–H and O–H groups in total. The van der Waals surface area contributed by atoms with E-state index in [-0.39, 0.29) is 10.8 Å². The minimum atomic E-state index is -0.188. The van der Waals surface area contributed by atoms with Gasteiger partial charge in [-0.15, -0.1) is 0 Å². The van der Waals surface area contributed by atoms with E-state index >= 15 is 0 Å². The molecular weight excluding hydrogens is 332 g/mol. The molecule has 0 aromatic heterocycles. The summed E-state index contributed by atoms with van der Waals surface area (Å²) in [5, 5.41) is 5.69. The quantitative estimate of drug-likeness (QED) is 0.691. The molecule has 0 aliphatic rings. The molecule has 4 nitrogen and oxygen atoms in total. The summed E-state index contributed by atoms with van der Waals surface area (Å²) in [6.45, 7) is 7.67. The van der Waals surface area contributed by atoms with Crippen molar-refractivity contribution in [3.63, 3.8) is 0 Å². The van der Waals surface area contributed by atoms with Crippen molar-refractivity contribution in [1.29, 1.82) is 0 Å². The first kappa shape index (κ1) is 19.2. The first-order chi connectivity index (χ1) is 11.9. The zero-order valence-corrected chi connectivity index (χ0v) is 15.9. The molecule has 0 bridgehead atoms. The Hall–Kier alpha value is -2.14. The number of hydrogen-bond acceptors (Lipinski definition) is 3. The molecule has 0 saturated carbocycles. The lowest BCUT2D eigenvalue weighted by atomic mass is 10.2. The maximum absolute atomic E-state index is 11.9. The van der Waals surface area contributed by atoms with Gasteiger partial charge in [0, 0.05) is 22.7 Å². The Labute approximate surface area is 154 Å². The topological polar surface area (TPSA) is 50.4 Å². The van der Waals surface area contributed by atoms with Crippen molar-refractivity contribution in [3.05, 3.63) is 60.2 Å². The number of anilines is 1. The molecule has 0 atom stereocenters. The summed E-state index contributed by atoms with van der Waals surface area (Å²) in [6, 6.07) is 17.2. The Balaban J connectivity index is 1.71. The third-order valence-corrected chi connectivity index (χ3v) is 4.56. The molecule has 2 rings (SSSR count). The fourth-order valence-electron chi connectivity index (χ4n) is 2.07. The van der Waals surface area contributed by atoms with Crippen LogP contribution in [0.1, 0.15) is 26.3 Å². The van der Waals surface area contributed by atoms with Gasteiger partial charge in [-0.2, -0.15) is 11.8 Å². The summed E-state index contributed by atoms with van der Waals surface area (Å²) in [7, 11) is 0. The van der Waals surface area contributed by atoms with Gasteiger partial charge in [0.05, 0.1) is 0 Å². The number of hydrogen-bond donors (Lipinski definition) is 2. The van der Waals surface area contributed by atoms with Crippen molar-refractivity contribution in [1.82, 2.24) is 5.32 Å². The maximum Gasteiger partial charge on any atom is 0.319 e. The van der Waals surface area contributed by atoms with Gasteiger partial charge in [-0.05, 0) is 29.8 Å². The lowest BCUT2D eigenvalue weighted by molar-refractivity contribution is 0.252. The Morgan fingerprint density at radius 3 is 2.36 bits per heavy atom. The molecule has 0 aliphatic carbocycles. The van der Waals surface area contributed by atoms with Gasteiger partial charge in [-0.25, -0.2) is 4.79 Å². The van der Waals surface area contributed by atoms with E-state index in [9.17, 15) is 4.79 Å². The molecule has 0 fully saturated rings. The SMILES string of the molecule is CC(C)(C)SCCNC(=O)Nc1ccc(OCc2ccccc2)cc1. The van der Waals surface area contributed by atoms with E-state index in [0.29, 0.717) is 13.2 Å². The Kier molecular flexibility index (Phi) is 7.19. The van der Waals surface area contributed by atoms with Gasteiger partial charge in [0.1, 0.15) is 12.4 Å². The predicted octanol–water partition coefficient (Wildman–Crippen LogP) is 4.92. The number of nitrogens with one attached hydrogen (secondary N) is 2. The molecule has 0 radical (unpaired) electrons. The normalized spacial score (nSPS) is 11.0. The van der Waals surface area contributed by atoms with Gasteiger partial charge in [0.15, 0.2) is 0 Å². The van der Waals surface area contributed by atoms with Crippen LogP contribution in [0.15, 0.2) is 54.6 Å². The number of benzene rings is 2. The van der Waals surface area contributed by atoms with Crippen LogP contribution >= 0.6 is 11.8 Å². The lowest BCUT2D eigenvalue weighted by Crippen LogP contribution is -2.31. The van der Waals surface area contributed by atoms with E-state index in [1.807, 2.05) is 66.4 Å². The first-order valence-electron chi connectivity index (χ1n) is 8.38. The molecule has 0 aliphatic heterocycles. The minimum Gasteiger partial charge on any atom is -0.489 e. The molecule has 134 valence electrons. The maximum atomic E-state index is 11.9. The highest BCUT2D eigenvalue weighted by atomic mass is 32.2. The highest BCUT2D eigenvalue weighted by Gasteiger charge is 2.10. The van der Waals surface area contributed by atoms with Crippen LogP contribution in [0.4, 0.5) is 10.5 Å². The first-order valence-corrected chi connectivity index (χ1v) is 9.36. The summed E-state index contributed by atoms with van der Waals surface area (Å²) < 4.78 is 5.95. The lowest BCUT2D eigenvalue weighted by Gasteiger charge is -2.17. The average Bonchev–Trinajstić information content (AvgIpc) is 2.58. The van der Waals surface area contributed by atoms with Gasteiger partial charge < -0.3 is 15.4 Å². The van der Waals surface area contributed by atoms with Crippen molar-refractivity contribution in [2.24, 2.45) is 0 Å². The van der Waals surface area contributed by atoms with Crippen LogP contribution in [0.3, 0.4) is 0 Å². The van der Waals surface area contributed by atoms with Gasteiger partial charge in [-0.3, -0.25) is 0 Å². The Morgan fingerprint density at radius 2 is 1.72 bits per heavy atom. The number of carbonyl (C=O) groups excluding carboxylic acids is 1. The molecule has 25 heavy (non-hydrogen) atoms. The summed E-state index contributed by atoms with van der Waals surface area (Å²) in [4.78, 5) is 11.9. The molecule has 2 aromatic rings. The van der Waals surface area contributed by atoms with Gasteiger partial charge in [0.2, 0.25) is 0 Å². The van der Waals surface area contributed by atoms with Crippen molar-refractivity contribution >= 4 is 23.5 Å². The van der Waals surface area contributed by atoms with Crippen molar-refractivity contribution in [2.75, 3.05) is 17.6 Å². The summed E-state index contributed by atoms with van der Waals surface area (Å²) in [6.07, 6.45) is 0. The zero-order valence-electron chi connectivity index (χ0n) is 15.0. The van der Waals surface area contributed by atoms with E-state index in [1.165, 1.54) is 0 Å². The summed E-state index contributed by atoms with van der Waals surface area (Å²) >= 11 is 1.83. The third-order valence-electron chi connectivity index (χ3n) is 3.28. The summed E-state index contributed by atoms with van der Waals surface area (Å²) in [5.74, 6) is 1.67. The highest BCUT2D eigenvalue weighted by Crippen LogP contribution is 2.22. The van der Waals surface area contributed by atoms with E-state index in [2.05, 4.69) is 31.4 Å². The van der Waals surface area contributed by atoms with Crippen molar-refractivity contribution in [3.8, 4) is 5.75 Å². The van der Waals surface area contributed by atoms with E-state index in [0.717, 1.165) is 22.8 Å². The Morgan fingerprint density at radius 1 is 1.04 bits per heavy atom. The van der Waals surface area contributed by atoms with Crippen LogP contribution < -0.4 is 15.4 Å². The van der Waals surface area contributed by atoms with E-state index in [4.69, 9.17) is 4.74 Å². The fourth-order valence-corrected chi connectivity index (χ4v) is 2.89. The minimum absolute atomic E-state index is 0.188. The number of amides is 2. The van der Waals surface area contributed by atoms with Gasteiger partial charge in [-0.1, -0.05) is 51.1 Å². The molecule has 2 aromatic carbocycles. The van der Waals surface area contributed by atoms with Gasteiger partial charge >= 0.3 is 6.03 Å². The highest BCUT2D eigenvalue weighted by molar-refractivity contribution is 8.00. The second-order valence-corrected chi connectivity index (χ2v) is 8.56. The molecule has 5 heteroatoms. The van der Waals surface area contributed by atoms with Gasteiger partial charge in [0.25, 0.3) is 0 Å². The van der Waals surface area contributed by atoms with E-state index in [1.54, 1.807) is 0 Å². The third kappa shape index (κ3) is 7.98. The molecule has 0 heterocycles. The second-order valence-electron chi connectivity index (χ2n) is 6.64. The van der Waals surface area contributed by atoms with Crippen LogP contribution in [0.25, 0.3) is 0 Å². The molecule has 0 saturated heterocycles. The predicted molar refractivity (Wildman–Crippen MR) is 106 cm³/mol. The molecule has 0 spiro atoms. The van der Waals surface area contributed by atoms with Crippen LogP contribution in [0.5, 0.6) is 5.75 Å². The average molecular weight is 359 g/mol. The Bertz CT molecular complexity index is 652. The summed E-state index contributed by atoms with van der Waals surface area (Å²) in [5.41, 5.74) is 1.87. The second kappa shape index (κ2) is 9.37. The molecule has 2 amide bonds. The largest absolute Gasteiger partial charge is 0.489 e. The zero-order chi connectivity index (χ0) is 18.1. The van der Waals surface area contributed by atoms with Crippen LogP contribution in [0, 0.1) is 0 Å². The number of thioether (sulfide) groups is 1. The van der Waals surface area contributed by atoms with Crippen molar-refractivity contribution in [2.45, 2.75) is 32.1 Å². The smallest absolute Gasteiger partial charge is 0.319 e. The van der Waals surface area contributed by atoms with Crippen LogP contribution in [-0.4, -0.2) is 23.1 Å². The number of rotatable bonds is 7. The monoisotopic (exact) mass is 358 g/mol. The number of urea groups is 1. The van der Waals surface area contributed by atoms with E-state index < -0.39 is 0 Å². The molecule has 0 unspecified atom stereocenters. The molecular formula is C20H26N2O2S. The van der Waals surface area contributed by atoms with Crippen LogP contribution in [0.2, 0.25) is 0 Å². The standard InChI is InChI=1S/C20H26N2O2S/c1-20(2,3)25-14-13-21-19(23)22-17-9-11-18(12-10-17)24-15-16-7-5-4-6-8-16/h4-12H,13-15H2,1-3H3,(H2,21,22,23). The van der Waals surface area contributed by atoms with Crippen LogP contribution in [-0.2, 0) is 6.61 Å². The number of ether oxygens (including phenoxy) is 1. The van der Waals surface area contributed by atoms with Crippen molar-refractivity contribution < 1.29 is 9.53 Å².